The van der Waals surface area contributed by atoms with E-state index in [1.54, 1.807) is 69.5 Å². The smallest absolute Gasteiger partial charge is 0.264 e. The van der Waals surface area contributed by atoms with Crippen LogP contribution in [0.3, 0.4) is 0 Å². The first-order valence-corrected chi connectivity index (χ1v) is 9.47. The maximum absolute atomic E-state index is 13.1. The average molecular weight is 373 g/mol. The number of hydrogen-bond donors (Lipinski definition) is 0. The highest BCUT2D eigenvalue weighted by molar-refractivity contribution is 7.92. The van der Waals surface area contributed by atoms with Crippen LogP contribution in [0.25, 0.3) is 11.4 Å². The number of nitrogens with zero attached hydrogens (tertiary/aromatic N) is 3. The van der Waals surface area contributed by atoms with Crippen molar-refractivity contribution in [2.45, 2.75) is 18.7 Å². The maximum atomic E-state index is 13.1. The Labute approximate surface area is 152 Å². The molecule has 0 bridgehead atoms. The molecule has 0 aliphatic carbocycles. The molecule has 7 nitrogen and oxygen atoms in total. The molecule has 2 aromatic carbocycles. The molecular formula is C18H19N3O4S. The van der Waals surface area contributed by atoms with Gasteiger partial charge >= 0.3 is 0 Å². The molecule has 3 aromatic rings. The van der Waals surface area contributed by atoms with Gasteiger partial charge in [0.05, 0.1) is 17.7 Å². The first-order valence-electron chi connectivity index (χ1n) is 8.03. The van der Waals surface area contributed by atoms with E-state index < -0.39 is 10.0 Å². The van der Waals surface area contributed by atoms with Crippen LogP contribution < -0.4 is 9.04 Å². The summed E-state index contributed by atoms with van der Waals surface area (Å²) in [5.74, 6) is 1.44. The summed E-state index contributed by atoms with van der Waals surface area (Å²) in [6, 6.07) is 13.4. The number of ether oxygens (including phenoxy) is 1. The molecule has 0 aliphatic rings. The van der Waals surface area contributed by atoms with Gasteiger partial charge in [0.1, 0.15) is 5.75 Å². The van der Waals surface area contributed by atoms with Crippen LogP contribution >= 0.6 is 0 Å². The summed E-state index contributed by atoms with van der Waals surface area (Å²) >= 11 is 0. The second-order valence-electron chi connectivity index (χ2n) is 5.53. The number of aromatic nitrogens is 2. The summed E-state index contributed by atoms with van der Waals surface area (Å²) < 4.78 is 37.7. The molecule has 0 N–H and O–H groups in total. The number of anilines is 1. The van der Waals surface area contributed by atoms with Crippen LogP contribution in [0.4, 0.5) is 5.69 Å². The first kappa shape index (κ1) is 17.9. The van der Waals surface area contributed by atoms with Gasteiger partial charge in [0.2, 0.25) is 11.7 Å². The Morgan fingerprint density at radius 2 is 1.88 bits per heavy atom. The Morgan fingerprint density at radius 1 is 1.15 bits per heavy atom. The van der Waals surface area contributed by atoms with Gasteiger partial charge in [0.15, 0.2) is 0 Å². The van der Waals surface area contributed by atoms with Crippen molar-refractivity contribution in [1.82, 2.24) is 10.1 Å². The van der Waals surface area contributed by atoms with E-state index in [4.69, 9.17) is 9.26 Å². The number of hydrogen-bond acceptors (Lipinski definition) is 6. The molecule has 3 rings (SSSR count). The van der Waals surface area contributed by atoms with Gasteiger partial charge in [0, 0.05) is 19.0 Å². The van der Waals surface area contributed by atoms with Crippen molar-refractivity contribution in [2.24, 2.45) is 0 Å². The minimum absolute atomic E-state index is 0.162. The zero-order valence-corrected chi connectivity index (χ0v) is 15.5. The monoisotopic (exact) mass is 373 g/mol. The van der Waals surface area contributed by atoms with E-state index in [1.165, 1.54) is 4.31 Å². The van der Waals surface area contributed by atoms with Crippen LogP contribution in [0.2, 0.25) is 0 Å². The third kappa shape index (κ3) is 3.41. The molecule has 8 heteroatoms. The van der Waals surface area contributed by atoms with Crippen LogP contribution in [0.15, 0.2) is 57.9 Å². The largest absolute Gasteiger partial charge is 0.497 e. The zero-order valence-electron chi connectivity index (χ0n) is 14.7. The van der Waals surface area contributed by atoms with E-state index in [1.807, 2.05) is 0 Å². The van der Waals surface area contributed by atoms with Gasteiger partial charge in [-0.3, -0.25) is 4.31 Å². The molecule has 0 radical (unpaired) electrons. The number of sulfonamides is 1. The van der Waals surface area contributed by atoms with Crippen molar-refractivity contribution in [3.05, 3.63) is 54.4 Å². The summed E-state index contributed by atoms with van der Waals surface area (Å²) in [4.78, 5) is 4.31. The van der Waals surface area contributed by atoms with E-state index in [2.05, 4.69) is 10.1 Å². The Kier molecular flexibility index (Phi) is 4.94. The Bertz CT molecular complexity index is 997. The van der Waals surface area contributed by atoms with Crippen molar-refractivity contribution < 1.29 is 17.7 Å². The fourth-order valence-electron chi connectivity index (χ4n) is 2.58. The van der Waals surface area contributed by atoms with Gasteiger partial charge in [-0.05, 0) is 43.3 Å². The Hall–Kier alpha value is -2.87. The van der Waals surface area contributed by atoms with Crippen molar-refractivity contribution in [1.29, 1.82) is 0 Å². The van der Waals surface area contributed by atoms with E-state index in [0.717, 1.165) is 0 Å². The highest BCUT2D eigenvalue weighted by Crippen LogP contribution is 2.27. The molecule has 0 aliphatic heterocycles. The van der Waals surface area contributed by atoms with Crippen LogP contribution in [0, 0.1) is 6.92 Å². The molecule has 0 unspecified atom stereocenters. The summed E-state index contributed by atoms with van der Waals surface area (Å²) in [6.07, 6.45) is 0. The van der Waals surface area contributed by atoms with E-state index in [9.17, 15) is 8.42 Å². The molecule has 0 atom stereocenters. The van der Waals surface area contributed by atoms with E-state index in [-0.39, 0.29) is 4.90 Å². The van der Waals surface area contributed by atoms with Crippen LogP contribution in [0.5, 0.6) is 5.75 Å². The molecule has 0 saturated carbocycles. The standard InChI is InChI=1S/C18H19N3O4S/c1-4-21(15-8-10-16(24-3)11-9-15)26(22,23)17-7-5-6-14(12-17)18-19-13(2)25-20-18/h5-12H,4H2,1-3H3. The first-order chi connectivity index (χ1) is 12.5. The van der Waals surface area contributed by atoms with Crippen LogP contribution in [-0.4, -0.2) is 32.2 Å². The summed E-state index contributed by atoms with van der Waals surface area (Å²) in [5, 5.41) is 3.84. The van der Waals surface area contributed by atoms with Gasteiger partial charge in [-0.1, -0.05) is 17.3 Å². The summed E-state index contributed by atoms with van der Waals surface area (Å²) in [7, 11) is -2.18. The molecule has 0 amide bonds. The molecule has 0 fully saturated rings. The van der Waals surface area contributed by atoms with Crippen molar-refractivity contribution in [3.8, 4) is 17.1 Å². The second kappa shape index (κ2) is 7.17. The fourth-order valence-corrected chi connectivity index (χ4v) is 4.10. The minimum Gasteiger partial charge on any atom is -0.497 e. The summed E-state index contributed by atoms with van der Waals surface area (Å²) in [6.45, 7) is 3.76. The SMILES string of the molecule is CCN(c1ccc(OC)cc1)S(=O)(=O)c1cccc(-c2noc(C)n2)c1. The quantitative estimate of drug-likeness (QED) is 0.659. The predicted molar refractivity (Wildman–Crippen MR) is 97.7 cm³/mol. The lowest BCUT2D eigenvalue weighted by Gasteiger charge is -2.23. The van der Waals surface area contributed by atoms with Gasteiger partial charge < -0.3 is 9.26 Å². The lowest BCUT2D eigenvalue weighted by molar-refractivity contribution is 0.394. The molecule has 0 spiro atoms. The lowest BCUT2D eigenvalue weighted by atomic mass is 10.2. The van der Waals surface area contributed by atoms with E-state index in [0.29, 0.717) is 35.3 Å². The van der Waals surface area contributed by atoms with Crippen molar-refractivity contribution >= 4 is 15.7 Å². The normalized spacial score (nSPS) is 11.3. The molecule has 1 heterocycles. The van der Waals surface area contributed by atoms with Crippen LogP contribution in [0.1, 0.15) is 12.8 Å². The van der Waals surface area contributed by atoms with Gasteiger partial charge in [-0.2, -0.15) is 4.98 Å². The third-order valence-electron chi connectivity index (χ3n) is 3.86. The van der Waals surface area contributed by atoms with Gasteiger partial charge in [-0.25, -0.2) is 8.42 Å². The van der Waals surface area contributed by atoms with Crippen molar-refractivity contribution in [3.63, 3.8) is 0 Å². The van der Waals surface area contributed by atoms with Crippen molar-refractivity contribution in [2.75, 3.05) is 18.0 Å². The third-order valence-corrected chi connectivity index (χ3v) is 5.75. The predicted octanol–water partition coefficient (Wildman–Crippen LogP) is 3.27. The molecule has 136 valence electrons. The maximum Gasteiger partial charge on any atom is 0.264 e. The zero-order chi connectivity index (χ0) is 18.7. The Balaban J connectivity index is 2.00. The van der Waals surface area contributed by atoms with Gasteiger partial charge in [-0.15, -0.1) is 0 Å². The highest BCUT2D eigenvalue weighted by atomic mass is 32.2. The number of rotatable bonds is 6. The summed E-state index contributed by atoms with van der Waals surface area (Å²) in [5.41, 5.74) is 1.14. The van der Waals surface area contributed by atoms with Gasteiger partial charge in [0.25, 0.3) is 10.0 Å². The Morgan fingerprint density at radius 3 is 2.46 bits per heavy atom. The lowest BCUT2D eigenvalue weighted by Crippen LogP contribution is -2.30. The molecule has 26 heavy (non-hydrogen) atoms. The second-order valence-corrected chi connectivity index (χ2v) is 7.39. The molecule has 1 aromatic heterocycles. The number of benzene rings is 2. The number of aryl methyl sites for hydroxylation is 1. The van der Waals surface area contributed by atoms with E-state index >= 15 is 0 Å². The van der Waals surface area contributed by atoms with Crippen LogP contribution in [-0.2, 0) is 10.0 Å². The highest BCUT2D eigenvalue weighted by Gasteiger charge is 2.24. The minimum atomic E-state index is -3.74. The fraction of sp³-hybridized carbons (Fsp3) is 0.222. The molecule has 0 saturated heterocycles. The molecular weight excluding hydrogens is 354 g/mol. The topological polar surface area (TPSA) is 85.5 Å². The number of methoxy groups -OCH3 is 1. The average Bonchev–Trinajstić information content (AvgIpc) is 3.09.